The van der Waals surface area contributed by atoms with Gasteiger partial charge < -0.3 is 10.3 Å². The molecule has 0 bridgehead atoms. The van der Waals surface area contributed by atoms with Crippen LogP contribution in [0.2, 0.25) is 0 Å². The molecule has 1 aromatic carbocycles. The summed E-state index contributed by atoms with van der Waals surface area (Å²) in [5.74, 6) is 0. The molecule has 2 N–H and O–H groups in total. The third-order valence-corrected chi connectivity index (χ3v) is 3.01. The van der Waals surface area contributed by atoms with E-state index in [9.17, 15) is 0 Å². The van der Waals surface area contributed by atoms with Gasteiger partial charge in [-0.1, -0.05) is 18.2 Å². The van der Waals surface area contributed by atoms with Gasteiger partial charge in [-0.3, -0.25) is 0 Å². The Morgan fingerprint density at radius 2 is 2.00 bits per heavy atom. The van der Waals surface area contributed by atoms with E-state index in [1.165, 1.54) is 27.7 Å². The van der Waals surface area contributed by atoms with Crippen LogP contribution in [-0.2, 0) is 13.6 Å². The number of nitrogens with two attached hydrogens (primary N) is 1. The zero-order valence-corrected chi connectivity index (χ0v) is 8.96. The monoisotopic (exact) mass is 188 g/mol. The number of hydrogen-bond acceptors (Lipinski definition) is 1. The summed E-state index contributed by atoms with van der Waals surface area (Å²) in [6.45, 7) is 4.89. The molecule has 2 heteroatoms. The summed E-state index contributed by atoms with van der Waals surface area (Å²) in [4.78, 5) is 0. The zero-order valence-electron chi connectivity index (χ0n) is 8.96. The van der Waals surface area contributed by atoms with Crippen molar-refractivity contribution >= 4 is 10.9 Å². The van der Waals surface area contributed by atoms with Gasteiger partial charge in [0.2, 0.25) is 0 Å². The molecule has 0 aliphatic heterocycles. The van der Waals surface area contributed by atoms with Crippen LogP contribution in [0.3, 0.4) is 0 Å². The molecule has 74 valence electrons. The highest BCUT2D eigenvalue weighted by atomic mass is 15.0. The van der Waals surface area contributed by atoms with Crippen LogP contribution in [-0.4, -0.2) is 4.57 Å². The Bertz CT molecular complexity index is 481. The van der Waals surface area contributed by atoms with E-state index in [-0.39, 0.29) is 0 Å². The molecule has 2 rings (SSSR count). The standard InChI is InChI=1S/C12H16N2/c1-8-5-4-6-10-9(2)11(7-13)14(3)12(8)10/h4-6H,7,13H2,1-3H3. The lowest BCUT2D eigenvalue weighted by Gasteiger charge is -2.03. The molecule has 0 aliphatic rings. The highest BCUT2D eigenvalue weighted by Gasteiger charge is 2.10. The zero-order chi connectivity index (χ0) is 10.3. The molecular weight excluding hydrogens is 172 g/mol. The fraction of sp³-hybridized carbons (Fsp3) is 0.333. The first-order valence-electron chi connectivity index (χ1n) is 4.90. The fourth-order valence-corrected chi connectivity index (χ4v) is 2.24. The molecule has 0 saturated carbocycles. The first-order chi connectivity index (χ1) is 6.66. The van der Waals surface area contributed by atoms with Gasteiger partial charge in [0, 0.05) is 24.7 Å². The van der Waals surface area contributed by atoms with Crippen molar-refractivity contribution in [1.29, 1.82) is 0 Å². The van der Waals surface area contributed by atoms with Crippen LogP contribution in [0, 0.1) is 13.8 Å². The van der Waals surface area contributed by atoms with Crippen molar-refractivity contribution < 1.29 is 0 Å². The van der Waals surface area contributed by atoms with Crippen LogP contribution in [0.5, 0.6) is 0 Å². The summed E-state index contributed by atoms with van der Waals surface area (Å²) in [5.41, 5.74) is 10.9. The fourth-order valence-electron chi connectivity index (χ4n) is 2.24. The Hall–Kier alpha value is -1.28. The Labute approximate surface area is 84.3 Å². The molecule has 0 unspecified atom stereocenters. The minimum atomic E-state index is 0.608. The molecule has 2 nitrogen and oxygen atoms in total. The lowest BCUT2D eigenvalue weighted by molar-refractivity contribution is 0.839. The van der Waals surface area contributed by atoms with Crippen LogP contribution in [0.1, 0.15) is 16.8 Å². The Morgan fingerprint density at radius 3 is 2.57 bits per heavy atom. The molecule has 0 saturated heterocycles. The van der Waals surface area contributed by atoms with E-state index < -0.39 is 0 Å². The number of benzene rings is 1. The lowest BCUT2D eigenvalue weighted by Crippen LogP contribution is -2.04. The highest BCUT2D eigenvalue weighted by Crippen LogP contribution is 2.26. The molecule has 0 aliphatic carbocycles. The van der Waals surface area contributed by atoms with Gasteiger partial charge in [0.05, 0.1) is 5.52 Å². The van der Waals surface area contributed by atoms with Gasteiger partial charge >= 0.3 is 0 Å². The topological polar surface area (TPSA) is 30.9 Å². The third kappa shape index (κ3) is 1.07. The van der Waals surface area contributed by atoms with Crippen LogP contribution in [0.25, 0.3) is 10.9 Å². The molecule has 2 aromatic rings. The summed E-state index contributed by atoms with van der Waals surface area (Å²) >= 11 is 0. The second-order valence-corrected chi connectivity index (χ2v) is 3.81. The minimum Gasteiger partial charge on any atom is -0.346 e. The molecule has 1 aromatic heterocycles. The van der Waals surface area contributed by atoms with Gasteiger partial charge in [0.1, 0.15) is 0 Å². The summed E-state index contributed by atoms with van der Waals surface area (Å²) < 4.78 is 2.21. The Morgan fingerprint density at radius 1 is 1.29 bits per heavy atom. The van der Waals surface area contributed by atoms with Gasteiger partial charge in [0.25, 0.3) is 0 Å². The van der Waals surface area contributed by atoms with Crippen molar-refractivity contribution in [2.75, 3.05) is 0 Å². The summed E-state index contributed by atoms with van der Waals surface area (Å²) in [6, 6.07) is 6.41. The van der Waals surface area contributed by atoms with Gasteiger partial charge in [-0.2, -0.15) is 0 Å². The number of hydrogen-bond donors (Lipinski definition) is 1. The largest absolute Gasteiger partial charge is 0.346 e. The molecule has 0 atom stereocenters. The predicted molar refractivity (Wildman–Crippen MR) is 60.3 cm³/mol. The average Bonchev–Trinajstić information content (AvgIpc) is 2.41. The highest BCUT2D eigenvalue weighted by molar-refractivity contribution is 5.87. The van der Waals surface area contributed by atoms with Gasteiger partial charge in [-0.15, -0.1) is 0 Å². The van der Waals surface area contributed by atoms with E-state index in [1.54, 1.807) is 0 Å². The van der Waals surface area contributed by atoms with Crippen molar-refractivity contribution in [2.45, 2.75) is 20.4 Å². The molecule has 0 amide bonds. The number of para-hydroxylation sites is 1. The lowest BCUT2D eigenvalue weighted by atomic mass is 10.1. The SMILES string of the molecule is Cc1c(CN)n(C)c2c(C)cccc12. The van der Waals surface area contributed by atoms with Crippen molar-refractivity contribution in [3.8, 4) is 0 Å². The van der Waals surface area contributed by atoms with Gasteiger partial charge in [-0.05, 0) is 25.0 Å². The second kappa shape index (κ2) is 3.14. The smallest absolute Gasteiger partial charge is 0.0512 e. The van der Waals surface area contributed by atoms with Crippen molar-refractivity contribution in [1.82, 2.24) is 4.57 Å². The maximum Gasteiger partial charge on any atom is 0.0512 e. The van der Waals surface area contributed by atoms with Crippen molar-refractivity contribution in [3.63, 3.8) is 0 Å². The van der Waals surface area contributed by atoms with E-state index in [0.29, 0.717) is 6.54 Å². The van der Waals surface area contributed by atoms with Crippen molar-refractivity contribution in [2.24, 2.45) is 12.8 Å². The van der Waals surface area contributed by atoms with Crippen molar-refractivity contribution in [3.05, 3.63) is 35.0 Å². The first kappa shape index (κ1) is 9.28. The number of aromatic nitrogens is 1. The summed E-state index contributed by atoms with van der Waals surface area (Å²) in [5, 5.41) is 1.33. The summed E-state index contributed by atoms with van der Waals surface area (Å²) in [7, 11) is 2.09. The van der Waals surface area contributed by atoms with E-state index in [1.807, 2.05) is 0 Å². The average molecular weight is 188 g/mol. The molecule has 0 radical (unpaired) electrons. The minimum absolute atomic E-state index is 0.608. The van der Waals surface area contributed by atoms with E-state index >= 15 is 0 Å². The number of nitrogens with zero attached hydrogens (tertiary/aromatic N) is 1. The Balaban J connectivity index is 2.94. The number of fused-ring (bicyclic) bond motifs is 1. The second-order valence-electron chi connectivity index (χ2n) is 3.81. The first-order valence-corrected chi connectivity index (χ1v) is 4.90. The number of aryl methyl sites for hydroxylation is 3. The van der Waals surface area contributed by atoms with Gasteiger partial charge in [0.15, 0.2) is 0 Å². The molecular formula is C12H16N2. The predicted octanol–water partition coefficient (Wildman–Crippen LogP) is 2.25. The summed E-state index contributed by atoms with van der Waals surface area (Å²) in [6.07, 6.45) is 0. The van der Waals surface area contributed by atoms with Gasteiger partial charge in [-0.25, -0.2) is 0 Å². The van der Waals surface area contributed by atoms with E-state index in [2.05, 4.69) is 43.7 Å². The van der Waals surface area contributed by atoms with E-state index in [4.69, 9.17) is 5.73 Å². The molecule has 1 heterocycles. The molecule has 14 heavy (non-hydrogen) atoms. The van der Waals surface area contributed by atoms with Crippen LogP contribution in [0.4, 0.5) is 0 Å². The van der Waals surface area contributed by atoms with E-state index in [0.717, 1.165) is 0 Å². The quantitative estimate of drug-likeness (QED) is 0.731. The maximum atomic E-state index is 5.74. The van der Waals surface area contributed by atoms with Crippen LogP contribution in [0.15, 0.2) is 18.2 Å². The Kier molecular flexibility index (Phi) is 2.08. The maximum absolute atomic E-state index is 5.74. The molecule has 0 fully saturated rings. The third-order valence-electron chi connectivity index (χ3n) is 3.01. The van der Waals surface area contributed by atoms with Crippen LogP contribution < -0.4 is 5.73 Å². The normalized spacial score (nSPS) is 11.1. The van der Waals surface area contributed by atoms with Crippen LogP contribution >= 0.6 is 0 Å². The molecule has 0 spiro atoms. The number of rotatable bonds is 1.